The Hall–Kier alpha value is -2.47. The summed E-state index contributed by atoms with van der Waals surface area (Å²) in [6.07, 6.45) is 0.290. The van der Waals surface area contributed by atoms with Crippen LogP contribution in [-0.2, 0) is 16.8 Å². The van der Waals surface area contributed by atoms with Crippen LogP contribution in [0, 0.1) is 0 Å². The van der Waals surface area contributed by atoms with Gasteiger partial charge in [0.1, 0.15) is 0 Å². The fourth-order valence-electron chi connectivity index (χ4n) is 3.80. The van der Waals surface area contributed by atoms with Crippen molar-refractivity contribution in [2.45, 2.75) is 18.4 Å². The van der Waals surface area contributed by atoms with Gasteiger partial charge in [0, 0.05) is 27.2 Å². The number of carbonyl (C=O) groups excluding carboxylic acids is 2. The Morgan fingerprint density at radius 1 is 1.03 bits per heavy atom. The largest absolute Gasteiger partial charge is 0.375 e. The highest BCUT2D eigenvalue weighted by Gasteiger charge is 2.50. The molecule has 1 unspecified atom stereocenters. The van der Waals surface area contributed by atoms with Crippen molar-refractivity contribution < 1.29 is 14.7 Å². The van der Waals surface area contributed by atoms with Crippen LogP contribution in [0.5, 0.6) is 0 Å². The molecule has 30 heavy (non-hydrogen) atoms. The van der Waals surface area contributed by atoms with Crippen LogP contribution in [0.15, 0.2) is 77.3 Å². The fourth-order valence-corrected chi connectivity index (χ4v) is 4.35. The zero-order chi connectivity index (χ0) is 21.3. The van der Waals surface area contributed by atoms with Crippen molar-refractivity contribution in [2.75, 3.05) is 11.4 Å². The van der Waals surface area contributed by atoms with Crippen molar-refractivity contribution in [3.05, 3.63) is 99.0 Å². The van der Waals surface area contributed by atoms with Crippen LogP contribution in [0.1, 0.15) is 27.9 Å². The molecule has 0 saturated carbocycles. The zero-order valence-electron chi connectivity index (χ0n) is 16.0. The maximum atomic E-state index is 13.3. The number of rotatable bonds is 6. The second-order valence-corrected chi connectivity index (χ2v) is 8.68. The van der Waals surface area contributed by atoms with E-state index in [2.05, 4.69) is 15.9 Å². The van der Waals surface area contributed by atoms with E-state index in [-0.39, 0.29) is 12.2 Å². The van der Waals surface area contributed by atoms with E-state index in [0.717, 1.165) is 10.0 Å². The van der Waals surface area contributed by atoms with Crippen LogP contribution in [0.3, 0.4) is 0 Å². The third-order valence-corrected chi connectivity index (χ3v) is 6.05. The Labute approximate surface area is 188 Å². The second-order valence-electron chi connectivity index (χ2n) is 7.32. The number of carbonyl (C=O) groups is 2. The third kappa shape index (κ3) is 3.93. The van der Waals surface area contributed by atoms with Gasteiger partial charge in [-0.25, -0.2) is 0 Å². The lowest BCUT2D eigenvalue weighted by molar-refractivity contribution is -0.135. The third-order valence-electron chi connectivity index (χ3n) is 5.32. The number of halogens is 2. The first-order valence-electron chi connectivity index (χ1n) is 9.55. The van der Waals surface area contributed by atoms with Crippen LogP contribution < -0.4 is 4.90 Å². The number of fused-ring (bicyclic) bond motifs is 1. The van der Waals surface area contributed by atoms with Gasteiger partial charge in [-0.15, -0.1) is 0 Å². The van der Waals surface area contributed by atoms with Crippen LogP contribution in [-0.4, -0.2) is 23.3 Å². The van der Waals surface area contributed by atoms with Crippen molar-refractivity contribution in [1.82, 2.24) is 0 Å². The molecule has 3 aromatic rings. The minimum Gasteiger partial charge on any atom is -0.375 e. The molecule has 0 bridgehead atoms. The Balaban J connectivity index is 1.65. The Morgan fingerprint density at radius 3 is 2.53 bits per heavy atom. The molecule has 1 aliphatic heterocycles. The number of aliphatic hydroxyl groups is 1. The maximum absolute atomic E-state index is 13.3. The van der Waals surface area contributed by atoms with Crippen molar-refractivity contribution in [3.63, 3.8) is 0 Å². The predicted octanol–water partition coefficient (Wildman–Crippen LogP) is 5.15. The molecule has 4 rings (SSSR count). The first-order valence-corrected chi connectivity index (χ1v) is 10.7. The monoisotopic (exact) mass is 483 g/mol. The summed E-state index contributed by atoms with van der Waals surface area (Å²) < 4.78 is 0.729. The molecular formula is C24H19BrClNO3. The molecule has 152 valence electrons. The van der Waals surface area contributed by atoms with E-state index in [1.54, 1.807) is 41.3 Å². The molecule has 1 amide bonds. The molecular weight excluding hydrogens is 466 g/mol. The van der Waals surface area contributed by atoms with E-state index < -0.39 is 11.5 Å². The lowest BCUT2D eigenvalue weighted by atomic mass is 9.88. The standard InChI is InChI=1S/C24H19BrClNO3/c25-18-9-10-21-20(14-18)24(30,15-22(28)17-7-4-8-19(26)13-17)23(29)27(21)12-11-16-5-2-1-3-6-16/h1-10,13-14,30H,11-12,15H2. The number of nitrogens with zero attached hydrogens (tertiary/aromatic N) is 1. The molecule has 0 aliphatic carbocycles. The molecule has 0 saturated heterocycles. The number of benzene rings is 3. The first-order chi connectivity index (χ1) is 14.4. The highest BCUT2D eigenvalue weighted by molar-refractivity contribution is 9.10. The highest BCUT2D eigenvalue weighted by Crippen LogP contribution is 2.44. The number of hydrogen-bond donors (Lipinski definition) is 1. The van der Waals surface area contributed by atoms with Gasteiger partial charge >= 0.3 is 0 Å². The number of hydrogen-bond acceptors (Lipinski definition) is 3. The van der Waals surface area contributed by atoms with Crippen molar-refractivity contribution in [1.29, 1.82) is 0 Å². The summed E-state index contributed by atoms with van der Waals surface area (Å²) in [6, 6.07) is 21.7. The van der Waals surface area contributed by atoms with Gasteiger partial charge in [0.2, 0.25) is 0 Å². The molecule has 4 nitrogen and oxygen atoms in total. The summed E-state index contributed by atoms with van der Waals surface area (Å²) in [5.74, 6) is -0.828. The van der Waals surface area contributed by atoms with Gasteiger partial charge in [-0.1, -0.05) is 70.0 Å². The first kappa shape index (κ1) is 20.8. The van der Waals surface area contributed by atoms with E-state index in [4.69, 9.17) is 11.6 Å². The van der Waals surface area contributed by atoms with Gasteiger partial charge in [0.25, 0.3) is 5.91 Å². The topological polar surface area (TPSA) is 57.6 Å². The van der Waals surface area contributed by atoms with E-state index in [0.29, 0.717) is 34.8 Å². The number of anilines is 1. The summed E-state index contributed by atoms with van der Waals surface area (Å²) in [6.45, 7) is 0.408. The molecule has 6 heteroatoms. The SMILES string of the molecule is O=C(CC1(O)C(=O)N(CCc2ccccc2)c2ccc(Br)cc21)c1cccc(Cl)c1. The summed E-state index contributed by atoms with van der Waals surface area (Å²) in [5.41, 5.74) is 0.595. The molecule has 0 aromatic heterocycles. The summed E-state index contributed by atoms with van der Waals surface area (Å²) in [7, 11) is 0. The fraction of sp³-hybridized carbons (Fsp3) is 0.167. The Kier molecular flexibility index (Phi) is 5.78. The van der Waals surface area contributed by atoms with Crippen molar-refractivity contribution in [3.8, 4) is 0 Å². The normalized spacial score (nSPS) is 17.8. The van der Waals surface area contributed by atoms with Gasteiger partial charge < -0.3 is 10.0 Å². The van der Waals surface area contributed by atoms with E-state index in [1.807, 2.05) is 36.4 Å². The van der Waals surface area contributed by atoms with Crippen LogP contribution in [0.25, 0.3) is 0 Å². The van der Waals surface area contributed by atoms with E-state index >= 15 is 0 Å². The van der Waals surface area contributed by atoms with Gasteiger partial charge in [0.15, 0.2) is 11.4 Å². The number of amides is 1. The quantitative estimate of drug-likeness (QED) is 0.492. The molecule has 0 spiro atoms. The molecule has 1 atom stereocenters. The van der Waals surface area contributed by atoms with Gasteiger partial charge in [-0.2, -0.15) is 0 Å². The minimum absolute atomic E-state index is 0.343. The van der Waals surface area contributed by atoms with E-state index in [9.17, 15) is 14.7 Å². The van der Waals surface area contributed by atoms with E-state index in [1.165, 1.54) is 0 Å². The molecule has 0 radical (unpaired) electrons. The van der Waals surface area contributed by atoms with Crippen LogP contribution in [0.4, 0.5) is 5.69 Å². The molecule has 0 fully saturated rings. The second kappa shape index (κ2) is 8.34. The number of Topliss-reactive ketones (excluding diaryl/α,β-unsaturated/α-hetero) is 1. The van der Waals surface area contributed by atoms with Crippen molar-refractivity contribution in [2.24, 2.45) is 0 Å². The van der Waals surface area contributed by atoms with Gasteiger partial charge in [0.05, 0.1) is 12.1 Å². The van der Waals surface area contributed by atoms with Gasteiger partial charge in [-0.3, -0.25) is 9.59 Å². The average molecular weight is 485 g/mol. The predicted molar refractivity (Wildman–Crippen MR) is 121 cm³/mol. The smallest absolute Gasteiger partial charge is 0.264 e. The lowest BCUT2D eigenvalue weighted by Gasteiger charge is -2.23. The molecule has 1 N–H and O–H groups in total. The Morgan fingerprint density at radius 2 is 1.80 bits per heavy atom. The van der Waals surface area contributed by atoms with Crippen LogP contribution in [0.2, 0.25) is 5.02 Å². The summed E-state index contributed by atoms with van der Waals surface area (Å²) >= 11 is 9.41. The van der Waals surface area contributed by atoms with Crippen molar-refractivity contribution >= 4 is 44.9 Å². The average Bonchev–Trinajstić information content (AvgIpc) is 2.94. The summed E-state index contributed by atoms with van der Waals surface area (Å²) in [5, 5.41) is 11.9. The minimum atomic E-state index is -1.92. The maximum Gasteiger partial charge on any atom is 0.264 e. The molecule has 1 heterocycles. The Bertz CT molecular complexity index is 1120. The lowest BCUT2D eigenvalue weighted by Crippen LogP contribution is -2.42. The highest BCUT2D eigenvalue weighted by atomic mass is 79.9. The summed E-state index contributed by atoms with van der Waals surface area (Å²) in [4.78, 5) is 27.8. The van der Waals surface area contributed by atoms with Gasteiger partial charge in [-0.05, 0) is 42.3 Å². The zero-order valence-corrected chi connectivity index (χ0v) is 18.4. The number of ketones is 1. The van der Waals surface area contributed by atoms with Crippen LogP contribution >= 0.6 is 27.5 Å². The molecule has 1 aliphatic rings. The molecule has 3 aromatic carbocycles.